The average molecular weight is 641 g/mol. The summed E-state index contributed by atoms with van der Waals surface area (Å²) < 4.78 is 6.53. The van der Waals surface area contributed by atoms with Crippen molar-refractivity contribution in [2.24, 2.45) is 0 Å². The number of nitrogens with zero attached hydrogens (tertiary/aromatic N) is 6. The molecule has 4 rings (SSSR count). The summed E-state index contributed by atoms with van der Waals surface area (Å²) in [6.07, 6.45) is 11.0. The first-order valence-corrected chi connectivity index (χ1v) is 13.6. The van der Waals surface area contributed by atoms with Crippen LogP contribution in [-0.2, 0) is 13.1 Å². The molecule has 0 saturated carbocycles. The Hall–Kier alpha value is -1.10. The number of hydrogen-bond acceptors (Lipinski definition) is 4. The lowest BCUT2D eigenvalue weighted by Gasteiger charge is -2.22. The van der Waals surface area contributed by atoms with Crippen LogP contribution in [0.25, 0.3) is 30.8 Å². The van der Waals surface area contributed by atoms with Crippen LogP contribution in [0.3, 0.4) is 0 Å². The highest BCUT2D eigenvalue weighted by Gasteiger charge is 2.16. The fourth-order valence-corrected chi connectivity index (χ4v) is 5.90. The third kappa shape index (κ3) is 10.8. The summed E-state index contributed by atoms with van der Waals surface area (Å²) in [5.41, 5.74) is 2.32. The minimum Gasteiger partial charge on any atom is -1.00 e. The van der Waals surface area contributed by atoms with Crippen LogP contribution in [0.5, 0.6) is 0 Å². The minimum absolute atomic E-state index is 0. The zero-order valence-corrected chi connectivity index (χ0v) is 27.5. The lowest BCUT2D eigenvalue weighted by Crippen LogP contribution is -3.00. The van der Waals surface area contributed by atoms with Gasteiger partial charge in [0.15, 0.2) is 47.5 Å². The van der Waals surface area contributed by atoms with E-state index in [1.807, 2.05) is 0 Å². The maximum absolute atomic E-state index is 4.89. The second kappa shape index (κ2) is 15.6. The van der Waals surface area contributed by atoms with Crippen LogP contribution >= 0.6 is 22.7 Å². The Bertz CT molecular complexity index is 1110. The Morgan fingerprint density at radius 3 is 1.18 bits per heavy atom. The Morgan fingerprint density at radius 1 is 0.579 bits per heavy atom. The first kappa shape index (κ1) is 36.9. The quantitative estimate of drug-likeness (QED) is 0.128. The van der Waals surface area contributed by atoms with E-state index in [0.29, 0.717) is 0 Å². The van der Waals surface area contributed by atoms with E-state index in [4.69, 9.17) is 9.97 Å². The normalized spacial score (nSPS) is 11.2. The summed E-state index contributed by atoms with van der Waals surface area (Å²) in [6, 6.07) is 8.68. The average Bonchev–Trinajstić information content (AvgIpc) is 3.32. The first-order valence-electron chi connectivity index (χ1n) is 11.9. The first-order chi connectivity index (χ1) is 16.1. The van der Waals surface area contributed by atoms with Gasteiger partial charge in [0.25, 0.3) is 0 Å². The Balaban J connectivity index is 0.00000342. The number of pyridine rings is 2. The van der Waals surface area contributed by atoms with Gasteiger partial charge in [-0.1, -0.05) is 22.7 Å². The molecule has 6 nitrogen and oxygen atoms in total. The molecule has 0 saturated heterocycles. The predicted molar refractivity (Wildman–Crippen MR) is 142 cm³/mol. The van der Waals surface area contributed by atoms with E-state index in [1.165, 1.54) is 25.9 Å². The molecule has 0 fully saturated rings. The van der Waals surface area contributed by atoms with Crippen LogP contribution in [0.4, 0.5) is 0 Å². The van der Waals surface area contributed by atoms with Gasteiger partial charge in [-0.15, -0.1) is 0 Å². The second-order valence-electron chi connectivity index (χ2n) is 11.0. The molecular weight excluding hydrogens is 602 g/mol. The lowest BCUT2D eigenvalue weighted by molar-refractivity contribution is -0.873. The van der Waals surface area contributed by atoms with Crippen molar-refractivity contribution in [3.05, 3.63) is 49.1 Å². The van der Waals surface area contributed by atoms with Gasteiger partial charge >= 0.3 is 0 Å². The smallest absolute Gasteiger partial charge is 0.169 e. The standard InChI is InChI=1S/C26H38N6S2.4ClH/c1-31(2,3)19-7-13-29-15-9-21(10-16-29)23-27-25-26(33-23)28-24(34-25)22-11-17-30(18-12-22)14-8-20-32(4,5)6;;;;/h9-12,15-18H,7-8,13-14,19-20H2,1-6H3;4*1H/q+4;;;;/p-4. The third-order valence-corrected chi connectivity index (χ3v) is 7.87. The highest BCUT2D eigenvalue weighted by atomic mass is 35.5. The summed E-state index contributed by atoms with van der Waals surface area (Å²) in [5, 5.41) is 2.09. The molecule has 0 spiro atoms. The molecule has 0 N–H and O–H groups in total. The van der Waals surface area contributed by atoms with Gasteiger partial charge in [-0.2, -0.15) is 0 Å². The van der Waals surface area contributed by atoms with Gasteiger partial charge in [-0.3, -0.25) is 0 Å². The monoisotopic (exact) mass is 638 g/mol. The zero-order valence-electron chi connectivity index (χ0n) is 22.9. The number of fused-ring (bicyclic) bond motifs is 1. The van der Waals surface area contributed by atoms with Crippen LogP contribution < -0.4 is 58.8 Å². The molecular formula is C26H38Cl4N6S2. The number of rotatable bonds is 10. The topological polar surface area (TPSA) is 33.5 Å². The molecule has 0 aliphatic rings. The third-order valence-electron chi connectivity index (χ3n) is 5.74. The second-order valence-corrected chi connectivity index (χ2v) is 13.0. The van der Waals surface area contributed by atoms with Crippen LogP contribution in [0.1, 0.15) is 12.8 Å². The number of quaternary nitrogens is 2. The zero-order chi connectivity index (χ0) is 24.3. The molecule has 0 unspecified atom stereocenters. The van der Waals surface area contributed by atoms with E-state index < -0.39 is 0 Å². The van der Waals surface area contributed by atoms with Crippen LogP contribution in [0.2, 0.25) is 0 Å². The van der Waals surface area contributed by atoms with Crippen molar-refractivity contribution in [2.75, 3.05) is 55.4 Å². The summed E-state index contributed by atoms with van der Waals surface area (Å²) >= 11 is 3.36. The fraction of sp³-hybridized carbons (Fsp3) is 0.462. The molecule has 0 aliphatic heterocycles. The molecule has 0 atom stereocenters. The van der Waals surface area contributed by atoms with E-state index in [2.05, 4.69) is 100 Å². The summed E-state index contributed by atoms with van der Waals surface area (Å²) in [5.74, 6) is 0. The molecule has 0 bridgehead atoms. The highest BCUT2D eigenvalue weighted by Crippen LogP contribution is 2.36. The van der Waals surface area contributed by atoms with Crippen LogP contribution in [0.15, 0.2) is 49.1 Å². The molecule has 0 radical (unpaired) electrons. The number of hydrogen-bond donors (Lipinski definition) is 0. The molecule has 212 valence electrons. The number of halogens is 4. The summed E-state index contributed by atoms with van der Waals surface area (Å²) in [4.78, 5) is 11.8. The number of aryl methyl sites for hydroxylation is 2. The fourth-order valence-electron chi connectivity index (χ4n) is 3.84. The van der Waals surface area contributed by atoms with Gasteiger partial charge in [-0.25, -0.2) is 19.1 Å². The van der Waals surface area contributed by atoms with E-state index in [9.17, 15) is 0 Å². The molecule has 4 heterocycles. The largest absolute Gasteiger partial charge is 1.00 e. The SMILES string of the molecule is C[N+](C)(C)CCC[n+]1ccc(-c2nc3sc(-c4cc[n+](CCC[N+](C)(C)C)cc4)nc3s2)cc1.[Cl-].[Cl-].[Cl-].[Cl-]. The Morgan fingerprint density at radius 2 is 0.895 bits per heavy atom. The minimum atomic E-state index is 0. The molecule has 0 aliphatic carbocycles. The molecule has 4 aromatic rings. The van der Waals surface area contributed by atoms with Gasteiger partial charge in [0.2, 0.25) is 0 Å². The van der Waals surface area contributed by atoms with Crippen LogP contribution in [0, 0.1) is 0 Å². The van der Waals surface area contributed by atoms with Gasteiger partial charge in [0, 0.05) is 35.4 Å². The molecule has 0 aromatic carbocycles. The van der Waals surface area contributed by atoms with Crippen molar-refractivity contribution in [3.8, 4) is 21.1 Å². The molecule has 0 amide bonds. The Labute approximate surface area is 260 Å². The van der Waals surface area contributed by atoms with E-state index in [0.717, 1.165) is 52.9 Å². The van der Waals surface area contributed by atoms with Gasteiger partial charge in [0.1, 0.15) is 10.0 Å². The van der Waals surface area contributed by atoms with E-state index in [1.54, 1.807) is 22.7 Å². The molecule has 12 heteroatoms. The van der Waals surface area contributed by atoms with Gasteiger partial charge in [-0.05, 0) is 0 Å². The summed E-state index contributed by atoms with van der Waals surface area (Å²) in [7, 11) is 13.4. The van der Waals surface area contributed by atoms with Crippen LogP contribution in [-0.4, -0.2) is 74.3 Å². The van der Waals surface area contributed by atoms with E-state index in [-0.39, 0.29) is 49.6 Å². The van der Waals surface area contributed by atoms with E-state index >= 15 is 0 Å². The van der Waals surface area contributed by atoms with Crippen molar-refractivity contribution in [3.63, 3.8) is 0 Å². The maximum Gasteiger partial charge on any atom is 0.169 e. The van der Waals surface area contributed by atoms with Crippen molar-refractivity contribution in [1.29, 1.82) is 0 Å². The van der Waals surface area contributed by atoms with Gasteiger partial charge < -0.3 is 58.6 Å². The number of thiazole rings is 2. The predicted octanol–water partition coefficient (Wildman–Crippen LogP) is -8.13. The van der Waals surface area contributed by atoms with Crippen molar-refractivity contribution in [1.82, 2.24) is 9.97 Å². The van der Waals surface area contributed by atoms with Crippen molar-refractivity contribution >= 4 is 32.3 Å². The number of aromatic nitrogens is 4. The maximum atomic E-state index is 4.89. The molecule has 4 aromatic heterocycles. The highest BCUT2D eigenvalue weighted by molar-refractivity contribution is 7.29. The molecule has 38 heavy (non-hydrogen) atoms. The van der Waals surface area contributed by atoms with Gasteiger partial charge in [0.05, 0.1) is 68.2 Å². The van der Waals surface area contributed by atoms with Crippen molar-refractivity contribution < 1.29 is 67.7 Å². The Kier molecular flexibility index (Phi) is 15.2. The summed E-state index contributed by atoms with van der Waals surface area (Å²) in [6.45, 7) is 4.42. The van der Waals surface area contributed by atoms with Crippen molar-refractivity contribution in [2.45, 2.75) is 25.9 Å². The lowest BCUT2D eigenvalue weighted by atomic mass is 10.3.